The molecular formula is C13H16N6. The first-order valence-corrected chi connectivity index (χ1v) is 6.50. The van der Waals surface area contributed by atoms with Crippen LogP contribution in [0.15, 0.2) is 31.0 Å². The van der Waals surface area contributed by atoms with E-state index in [1.807, 2.05) is 6.07 Å². The van der Waals surface area contributed by atoms with Gasteiger partial charge in [0.25, 0.3) is 0 Å². The molecule has 1 aliphatic rings. The molecule has 2 aromatic heterocycles. The lowest BCUT2D eigenvalue weighted by molar-refractivity contribution is 0.405. The smallest absolute Gasteiger partial charge is 0.227 e. The maximum absolute atomic E-state index is 4.55. The highest BCUT2D eigenvalue weighted by Crippen LogP contribution is 2.22. The zero-order valence-corrected chi connectivity index (χ0v) is 10.6. The third-order valence-electron chi connectivity index (χ3n) is 3.16. The summed E-state index contributed by atoms with van der Waals surface area (Å²) in [5, 5.41) is 6.59. The topological polar surface area (TPSA) is 75.6 Å². The van der Waals surface area contributed by atoms with E-state index in [-0.39, 0.29) is 0 Å². The molecule has 0 aliphatic carbocycles. The van der Waals surface area contributed by atoms with Gasteiger partial charge < -0.3 is 10.6 Å². The summed E-state index contributed by atoms with van der Waals surface area (Å²) < 4.78 is 0. The molecule has 6 nitrogen and oxygen atoms in total. The second-order valence-electron chi connectivity index (χ2n) is 4.56. The molecular weight excluding hydrogens is 240 g/mol. The quantitative estimate of drug-likeness (QED) is 0.872. The molecule has 3 rings (SSSR count). The summed E-state index contributed by atoms with van der Waals surface area (Å²) in [7, 11) is 0. The number of hydrogen-bond donors (Lipinski definition) is 2. The zero-order valence-electron chi connectivity index (χ0n) is 10.6. The van der Waals surface area contributed by atoms with Gasteiger partial charge in [0.15, 0.2) is 0 Å². The van der Waals surface area contributed by atoms with Crippen LogP contribution >= 0.6 is 0 Å². The molecule has 0 radical (unpaired) electrons. The number of nitrogens with zero attached hydrogens (tertiary/aromatic N) is 4. The molecule has 98 valence electrons. The maximum atomic E-state index is 4.55. The van der Waals surface area contributed by atoms with Crippen molar-refractivity contribution in [2.24, 2.45) is 0 Å². The third-order valence-corrected chi connectivity index (χ3v) is 3.16. The summed E-state index contributed by atoms with van der Waals surface area (Å²) in [6, 6.07) is 2.31. The molecule has 1 atom stereocenters. The van der Waals surface area contributed by atoms with Crippen LogP contribution in [0.25, 0.3) is 0 Å². The molecule has 1 saturated heterocycles. The van der Waals surface area contributed by atoms with E-state index in [1.165, 1.54) is 19.2 Å². The Labute approximate surface area is 111 Å². The lowest BCUT2D eigenvalue weighted by atomic mass is 10.0. The number of piperidine rings is 1. The first kappa shape index (κ1) is 12.0. The predicted molar refractivity (Wildman–Crippen MR) is 71.9 cm³/mol. The summed E-state index contributed by atoms with van der Waals surface area (Å²) >= 11 is 0. The van der Waals surface area contributed by atoms with Gasteiger partial charge in [-0.05, 0) is 25.5 Å². The van der Waals surface area contributed by atoms with E-state index >= 15 is 0 Å². The van der Waals surface area contributed by atoms with Crippen LogP contribution in [-0.4, -0.2) is 26.5 Å². The standard InChI is InChI=1S/C13H16N6/c1-2-5-16-11(3-1)12-4-6-17-13(19-12)18-10-7-14-9-15-8-10/h4,6-9,11,16H,1-3,5H2,(H,17,18,19). The minimum absolute atomic E-state index is 0.337. The molecule has 3 heterocycles. The van der Waals surface area contributed by atoms with E-state index in [1.54, 1.807) is 18.6 Å². The highest BCUT2D eigenvalue weighted by molar-refractivity contribution is 5.49. The van der Waals surface area contributed by atoms with Gasteiger partial charge in [-0.15, -0.1) is 0 Å². The SMILES string of the molecule is c1ncc(Nc2nccc(C3CCCCN3)n2)cn1. The number of aromatic nitrogens is 4. The first-order valence-electron chi connectivity index (χ1n) is 6.50. The number of nitrogens with one attached hydrogen (secondary N) is 2. The van der Waals surface area contributed by atoms with Crippen LogP contribution in [0.3, 0.4) is 0 Å². The summed E-state index contributed by atoms with van der Waals surface area (Å²) in [6.45, 7) is 1.06. The molecule has 2 N–H and O–H groups in total. The van der Waals surface area contributed by atoms with E-state index < -0.39 is 0 Å². The van der Waals surface area contributed by atoms with Crippen molar-refractivity contribution in [3.63, 3.8) is 0 Å². The Morgan fingerprint density at radius 1 is 1.21 bits per heavy atom. The van der Waals surface area contributed by atoms with E-state index in [9.17, 15) is 0 Å². The van der Waals surface area contributed by atoms with Crippen molar-refractivity contribution in [1.29, 1.82) is 0 Å². The highest BCUT2D eigenvalue weighted by Gasteiger charge is 2.16. The Bertz CT molecular complexity index is 524. The molecule has 0 bridgehead atoms. The fourth-order valence-electron chi connectivity index (χ4n) is 2.22. The number of rotatable bonds is 3. The molecule has 0 spiro atoms. The molecule has 0 saturated carbocycles. The van der Waals surface area contributed by atoms with Crippen molar-refractivity contribution in [3.05, 3.63) is 36.7 Å². The van der Waals surface area contributed by atoms with Crippen molar-refractivity contribution >= 4 is 11.6 Å². The van der Waals surface area contributed by atoms with Crippen molar-refractivity contribution < 1.29 is 0 Å². The summed E-state index contributed by atoms with van der Waals surface area (Å²) in [5.74, 6) is 0.583. The van der Waals surface area contributed by atoms with Crippen LogP contribution in [-0.2, 0) is 0 Å². The van der Waals surface area contributed by atoms with Gasteiger partial charge >= 0.3 is 0 Å². The Kier molecular flexibility index (Phi) is 3.60. The lowest BCUT2D eigenvalue weighted by Crippen LogP contribution is -2.27. The van der Waals surface area contributed by atoms with Crippen LogP contribution in [0.4, 0.5) is 11.6 Å². The number of hydrogen-bond acceptors (Lipinski definition) is 6. The predicted octanol–water partition coefficient (Wildman–Crippen LogP) is 1.82. The summed E-state index contributed by atoms with van der Waals surface area (Å²) in [4.78, 5) is 16.7. The van der Waals surface area contributed by atoms with Gasteiger partial charge in [0, 0.05) is 12.2 Å². The summed E-state index contributed by atoms with van der Waals surface area (Å²) in [6.07, 6.45) is 10.3. The first-order chi connectivity index (χ1) is 9.42. The molecule has 1 fully saturated rings. The molecule has 1 unspecified atom stereocenters. The van der Waals surface area contributed by atoms with Crippen molar-refractivity contribution in [1.82, 2.24) is 25.3 Å². The maximum Gasteiger partial charge on any atom is 0.227 e. The molecule has 2 aromatic rings. The third kappa shape index (κ3) is 3.03. The van der Waals surface area contributed by atoms with Gasteiger partial charge in [0.2, 0.25) is 5.95 Å². The van der Waals surface area contributed by atoms with Crippen LogP contribution in [0.5, 0.6) is 0 Å². The Balaban J connectivity index is 1.76. The van der Waals surface area contributed by atoms with E-state index in [2.05, 4.69) is 30.6 Å². The normalized spacial score (nSPS) is 19.1. The van der Waals surface area contributed by atoms with Gasteiger partial charge in [-0.25, -0.2) is 19.9 Å². The Hall–Kier alpha value is -2.08. The fraction of sp³-hybridized carbons (Fsp3) is 0.385. The van der Waals surface area contributed by atoms with Gasteiger partial charge in [0.1, 0.15) is 6.33 Å². The van der Waals surface area contributed by atoms with Gasteiger partial charge in [-0.1, -0.05) is 6.42 Å². The van der Waals surface area contributed by atoms with E-state index in [4.69, 9.17) is 0 Å². The van der Waals surface area contributed by atoms with Crippen molar-refractivity contribution in [3.8, 4) is 0 Å². The fourth-order valence-corrected chi connectivity index (χ4v) is 2.22. The average molecular weight is 256 g/mol. The van der Waals surface area contributed by atoms with Crippen LogP contribution in [0.1, 0.15) is 31.0 Å². The van der Waals surface area contributed by atoms with Gasteiger partial charge in [-0.3, -0.25) is 0 Å². The zero-order chi connectivity index (χ0) is 12.9. The molecule has 0 amide bonds. The van der Waals surface area contributed by atoms with Crippen LogP contribution in [0, 0.1) is 0 Å². The van der Waals surface area contributed by atoms with Gasteiger partial charge in [0.05, 0.1) is 23.8 Å². The largest absolute Gasteiger partial charge is 0.322 e. The highest BCUT2D eigenvalue weighted by atomic mass is 15.1. The Morgan fingerprint density at radius 3 is 2.89 bits per heavy atom. The lowest BCUT2D eigenvalue weighted by Gasteiger charge is -2.23. The average Bonchev–Trinajstić information content (AvgIpc) is 2.49. The molecule has 1 aliphatic heterocycles. The molecule has 6 heteroatoms. The minimum atomic E-state index is 0.337. The van der Waals surface area contributed by atoms with Gasteiger partial charge in [-0.2, -0.15) is 0 Å². The summed E-state index contributed by atoms with van der Waals surface area (Å²) in [5.41, 5.74) is 1.82. The second-order valence-corrected chi connectivity index (χ2v) is 4.56. The van der Waals surface area contributed by atoms with E-state index in [0.717, 1.165) is 24.3 Å². The second kappa shape index (κ2) is 5.71. The Morgan fingerprint density at radius 2 is 2.11 bits per heavy atom. The number of anilines is 2. The van der Waals surface area contributed by atoms with Crippen molar-refractivity contribution in [2.45, 2.75) is 25.3 Å². The van der Waals surface area contributed by atoms with Crippen LogP contribution < -0.4 is 10.6 Å². The minimum Gasteiger partial charge on any atom is -0.322 e. The van der Waals surface area contributed by atoms with Crippen molar-refractivity contribution in [2.75, 3.05) is 11.9 Å². The molecule has 0 aromatic carbocycles. The van der Waals surface area contributed by atoms with E-state index in [0.29, 0.717) is 12.0 Å². The monoisotopic (exact) mass is 256 g/mol. The molecule has 19 heavy (non-hydrogen) atoms. The van der Waals surface area contributed by atoms with Crippen LogP contribution in [0.2, 0.25) is 0 Å².